The number of aromatic amines is 1. The predicted octanol–water partition coefficient (Wildman–Crippen LogP) is 3.60. The van der Waals surface area contributed by atoms with E-state index in [0.29, 0.717) is 29.7 Å². The minimum absolute atomic E-state index is 0.0122. The van der Waals surface area contributed by atoms with Crippen molar-refractivity contribution in [3.63, 3.8) is 0 Å². The molecule has 0 saturated heterocycles. The van der Waals surface area contributed by atoms with Gasteiger partial charge in [0, 0.05) is 29.9 Å². The van der Waals surface area contributed by atoms with Crippen LogP contribution in [0.25, 0.3) is 26.9 Å². The van der Waals surface area contributed by atoms with Gasteiger partial charge in [-0.1, -0.05) is 19.4 Å². The number of fused-ring (bicyclic) bond motifs is 2. The van der Waals surface area contributed by atoms with Gasteiger partial charge in [0.25, 0.3) is 0 Å². The summed E-state index contributed by atoms with van der Waals surface area (Å²) in [6.07, 6.45) is 5.51. The van der Waals surface area contributed by atoms with E-state index in [1.54, 1.807) is 24.5 Å². The second-order valence-corrected chi connectivity index (χ2v) is 9.65. The van der Waals surface area contributed by atoms with Crippen LogP contribution in [0.4, 0.5) is 11.4 Å². The zero-order valence-electron chi connectivity index (χ0n) is 17.2. The maximum absolute atomic E-state index is 13.1. The van der Waals surface area contributed by atoms with Gasteiger partial charge >= 0.3 is 0 Å². The molecule has 4 aromatic rings. The molecule has 1 aromatic carbocycles. The summed E-state index contributed by atoms with van der Waals surface area (Å²) in [4.78, 5) is 11.0. The largest absolute Gasteiger partial charge is 0.390 e. The van der Waals surface area contributed by atoms with E-state index in [1.165, 1.54) is 6.07 Å². The van der Waals surface area contributed by atoms with E-state index in [0.717, 1.165) is 17.5 Å². The molecular weight excluding hydrogens is 430 g/mol. The third-order valence-corrected chi connectivity index (χ3v) is 7.65. The molecule has 11 heteroatoms. The summed E-state index contributed by atoms with van der Waals surface area (Å²) >= 11 is 0. The number of anilines is 1. The molecule has 0 bridgehead atoms. The van der Waals surface area contributed by atoms with Crippen molar-refractivity contribution in [2.45, 2.75) is 43.2 Å². The molecule has 1 aliphatic rings. The van der Waals surface area contributed by atoms with E-state index in [-0.39, 0.29) is 28.4 Å². The Labute approximate surface area is 184 Å². The molecule has 1 fully saturated rings. The monoisotopic (exact) mass is 451 g/mol. The van der Waals surface area contributed by atoms with Crippen LogP contribution >= 0.6 is 0 Å². The van der Waals surface area contributed by atoms with Gasteiger partial charge in [0.15, 0.2) is 5.52 Å². The minimum Gasteiger partial charge on any atom is -0.390 e. The van der Waals surface area contributed by atoms with Gasteiger partial charge < -0.3 is 10.3 Å². The SMILES string of the molecule is [C-]#[N+]c1cnc2[nH]ccc2c1N[C@H]1CC(NS(=O)(=O)c2cccc3nonc23)C[C@H]1CC. The van der Waals surface area contributed by atoms with E-state index < -0.39 is 10.0 Å². The molecule has 3 atom stereocenters. The number of aromatic nitrogens is 4. The number of nitrogens with one attached hydrogen (secondary N) is 3. The first-order chi connectivity index (χ1) is 15.5. The molecule has 3 aromatic heterocycles. The fourth-order valence-corrected chi connectivity index (χ4v) is 5.96. The Morgan fingerprint density at radius 1 is 1.28 bits per heavy atom. The van der Waals surface area contributed by atoms with Crippen LogP contribution in [0.15, 0.2) is 46.2 Å². The van der Waals surface area contributed by atoms with Gasteiger partial charge in [-0.25, -0.2) is 22.6 Å². The highest BCUT2D eigenvalue weighted by molar-refractivity contribution is 7.89. The fraction of sp³-hybridized carbons (Fsp3) is 0.333. The van der Waals surface area contributed by atoms with E-state index in [4.69, 9.17) is 11.2 Å². The van der Waals surface area contributed by atoms with Crippen molar-refractivity contribution in [1.29, 1.82) is 0 Å². The van der Waals surface area contributed by atoms with Gasteiger partial charge in [0.2, 0.25) is 15.7 Å². The number of pyridine rings is 1. The van der Waals surface area contributed by atoms with Crippen molar-refractivity contribution in [2.24, 2.45) is 5.92 Å². The lowest BCUT2D eigenvalue weighted by Gasteiger charge is -2.22. The number of hydrogen-bond acceptors (Lipinski definition) is 7. The van der Waals surface area contributed by atoms with Crippen molar-refractivity contribution < 1.29 is 13.0 Å². The van der Waals surface area contributed by atoms with E-state index >= 15 is 0 Å². The first-order valence-corrected chi connectivity index (χ1v) is 11.8. The van der Waals surface area contributed by atoms with Crippen molar-refractivity contribution >= 4 is 43.5 Å². The van der Waals surface area contributed by atoms with Crippen LogP contribution in [0.3, 0.4) is 0 Å². The molecule has 0 spiro atoms. The van der Waals surface area contributed by atoms with Gasteiger partial charge in [0.05, 0.1) is 12.3 Å². The lowest BCUT2D eigenvalue weighted by Crippen LogP contribution is -2.34. The normalized spacial score (nSPS) is 21.2. The Hall–Kier alpha value is -3.49. The van der Waals surface area contributed by atoms with Gasteiger partial charge in [0.1, 0.15) is 16.1 Å². The van der Waals surface area contributed by atoms with Crippen LogP contribution in [0.2, 0.25) is 0 Å². The highest BCUT2D eigenvalue weighted by Gasteiger charge is 2.36. The van der Waals surface area contributed by atoms with Crippen LogP contribution < -0.4 is 10.0 Å². The summed E-state index contributed by atoms with van der Waals surface area (Å²) in [6, 6.07) is 6.42. The molecular formula is C21H21N7O3S. The highest BCUT2D eigenvalue weighted by atomic mass is 32.2. The van der Waals surface area contributed by atoms with Crippen molar-refractivity contribution in [2.75, 3.05) is 5.32 Å². The number of H-pyrrole nitrogens is 1. The smallest absolute Gasteiger partial charge is 0.243 e. The topological polar surface area (TPSA) is 130 Å². The summed E-state index contributed by atoms with van der Waals surface area (Å²) < 4.78 is 33.8. The summed E-state index contributed by atoms with van der Waals surface area (Å²) in [6.45, 7) is 9.60. The third kappa shape index (κ3) is 3.47. The van der Waals surface area contributed by atoms with Crippen molar-refractivity contribution in [3.8, 4) is 0 Å². The summed E-state index contributed by atoms with van der Waals surface area (Å²) in [7, 11) is -3.81. The first-order valence-electron chi connectivity index (χ1n) is 10.3. The standard InChI is InChI=1S/C21H21N7O3S/c1-3-12-9-13(28-32(29,30)18-6-4-5-15-20(18)27-31-26-15)10-16(12)25-19-14-7-8-23-21(14)24-11-17(19)22-2/h4-8,11-13,16,28H,3,9-10H2,1H3,(H2,23,24,25)/t12-,13?,16+/m1/s1. The number of rotatable bonds is 6. The number of sulfonamides is 1. The Kier molecular flexibility index (Phi) is 5.03. The molecule has 1 saturated carbocycles. The molecule has 0 amide bonds. The fourth-order valence-electron chi connectivity index (χ4n) is 4.55. The molecule has 5 rings (SSSR count). The first kappa shape index (κ1) is 20.4. The Balaban J connectivity index is 1.40. The second kappa shape index (κ2) is 7.89. The maximum atomic E-state index is 13.1. The zero-order valence-corrected chi connectivity index (χ0v) is 18.1. The van der Waals surface area contributed by atoms with Crippen LogP contribution in [0.1, 0.15) is 26.2 Å². The molecule has 0 aliphatic heterocycles. The maximum Gasteiger partial charge on any atom is 0.243 e. The number of nitrogens with zero attached hydrogens (tertiary/aromatic N) is 4. The summed E-state index contributed by atoms with van der Waals surface area (Å²) in [5.41, 5.74) is 2.49. The summed E-state index contributed by atoms with van der Waals surface area (Å²) in [5, 5.41) is 11.9. The molecule has 164 valence electrons. The van der Waals surface area contributed by atoms with Crippen LogP contribution in [0, 0.1) is 12.5 Å². The van der Waals surface area contributed by atoms with Crippen molar-refractivity contribution in [1.82, 2.24) is 25.0 Å². The lowest BCUT2D eigenvalue weighted by molar-refractivity contribution is 0.315. The van der Waals surface area contributed by atoms with Gasteiger partial charge in [-0.3, -0.25) is 4.98 Å². The third-order valence-electron chi connectivity index (χ3n) is 6.10. The summed E-state index contributed by atoms with van der Waals surface area (Å²) in [5.74, 6) is 0.243. The van der Waals surface area contributed by atoms with Crippen LogP contribution in [-0.4, -0.2) is 40.8 Å². The van der Waals surface area contributed by atoms with Gasteiger partial charge in [-0.05, 0) is 47.3 Å². The average Bonchev–Trinajstić information content (AvgIpc) is 3.52. The van der Waals surface area contributed by atoms with Crippen molar-refractivity contribution in [3.05, 3.63) is 48.1 Å². The molecule has 3 heterocycles. The molecule has 1 aliphatic carbocycles. The Bertz CT molecular complexity index is 1440. The predicted molar refractivity (Wildman–Crippen MR) is 119 cm³/mol. The average molecular weight is 452 g/mol. The molecule has 0 radical (unpaired) electrons. The Morgan fingerprint density at radius 2 is 2.16 bits per heavy atom. The van der Waals surface area contributed by atoms with Crippen LogP contribution in [0.5, 0.6) is 0 Å². The second-order valence-electron chi connectivity index (χ2n) is 7.97. The number of benzene rings is 1. The van der Waals surface area contributed by atoms with E-state index in [2.05, 4.69) is 42.1 Å². The minimum atomic E-state index is -3.81. The van der Waals surface area contributed by atoms with Gasteiger partial charge in [-0.15, -0.1) is 0 Å². The van der Waals surface area contributed by atoms with Gasteiger partial charge in [-0.2, -0.15) is 0 Å². The van der Waals surface area contributed by atoms with E-state index in [9.17, 15) is 8.42 Å². The number of hydrogen-bond donors (Lipinski definition) is 3. The zero-order chi connectivity index (χ0) is 22.3. The molecule has 3 N–H and O–H groups in total. The lowest BCUT2D eigenvalue weighted by atomic mass is 10.00. The highest BCUT2D eigenvalue weighted by Crippen LogP contribution is 2.38. The molecule has 1 unspecified atom stereocenters. The molecule has 32 heavy (non-hydrogen) atoms. The quantitative estimate of drug-likeness (QED) is 0.382. The van der Waals surface area contributed by atoms with E-state index in [1.807, 2.05) is 6.07 Å². The van der Waals surface area contributed by atoms with Crippen LogP contribution in [-0.2, 0) is 10.0 Å². The Morgan fingerprint density at radius 3 is 2.97 bits per heavy atom. The molecule has 10 nitrogen and oxygen atoms in total.